The summed E-state index contributed by atoms with van der Waals surface area (Å²) in [7, 11) is 0. The van der Waals surface area contributed by atoms with Crippen molar-refractivity contribution in [1.29, 1.82) is 0 Å². The van der Waals surface area contributed by atoms with E-state index in [0.29, 0.717) is 12.0 Å². The van der Waals surface area contributed by atoms with E-state index in [1.807, 2.05) is 24.3 Å². The van der Waals surface area contributed by atoms with Crippen molar-refractivity contribution in [3.8, 4) is 0 Å². The predicted octanol–water partition coefficient (Wildman–Crippen LogP) is 3.63. The smallest absolute Gasteiger partial charge is 0.136 e. The molecule has 2 atom stereocenters. The quantitative estimate of drug-likeness (QED) is 0.728. The predicted molar refractivity (Wildman–Crippen MR) is 64.8 cm³/mol. The van der Waals surface area contributed by atoms with Crippen LogP contribution in [0.3, 0.4) is 0 Å². The molecule has 0 spiro atoms. The third-order valence-corrected chi connectivity index (χ3v) is 3.82. The van der Waals surface area contributed by atoms with Crippen LogP contribution in [0.25, 0.3) is 0 Å². The van der Waals surface area contributed by atoms with Gasteiger partial charge in [0.2, 0.25) is 0 Å². The van der Waals surface area contributed by atoms with Crippen LogP contribution in [0.15, 0.2) is 29.4 Å². The summed E-state index contributed by atoms with van der Waals surface area (Å²) >= 11 is 6.20. The molecule has 1 aliphatic carbocycles. The molecular weight excluding hydrogens is 222 g/mol. The normalized spacial score (nSPS) is 28.2. The van der Waals surface area contributed by atoms with Gasteiger partial charge in [-0.3, -0.25) is 0 Å². The first-order valence-electron chi connectivity index (χ1n) is 5.85. The zero-order valence-electron chi connectivity index (χ0n) is 9.03. The van der Waals surface area contributed by atoms with Gasteiger partial charge in [-0.1, -0.05) is 41.4 Å². The fourth-order valence-corrected chi connectivity index (χ4v) is 2.88. The Morgan fingerprint density at radius 2 is 2.00 bits per heavy atom. The number of hydrogen-bond donors (Lipinski definition) is 0. The highest BCUT2D eigenvalue weighted by atomic mass is 35.5. The van der Waals surface area contributed by atoms with Gasteiger partial charge < -0.3 is 4.84 Å². The second-order valence-corrected chi connectivity index (χ2v) is 4.90. The van der Waals surface area contributed by atoms with Crippen LogP contribution in [-0.2, 0) is 4.84 Å². The minimum atomic E-state index is 0.292. The number of fused-ring (bicyclic) bond motifs is 1. The lowest BCUT2D eigenvalue weighted by atomic mass is 9.82. The Bertz CT molecular complexity index is 430. The zero-order valence-corrected chi connectivity index (χ0v) is 9.78. The van der Waals surface area contributed by atoms with Gasteiger partial charge in [0.05, 0.1) is 5.71 Å². The lowest BCUT2D eigenvalue weighted by molar-refractivity contribution is 0.0397. The van der Waals surface area contributed by atoms with Crippen molar-refractivity contribution in [3.63, 3.8) is 0 Å². The van der Waals surface area contributed by atoms with Gasteiger partial charge >= 0.3 is 0 Å². The van der Waals surface area contributed by atoms with Crippen LogP contribution in [0, 0.1) is 5.92 Å². The minimum Gasteiger partial charge on any atom is -0.392 e. The number of halogens is 1. The Kier molecular flexibility index (Phi) is 2.60. The third kappa shape index (κ3) is 1.61. The molecule has 3 heteroatoms. The van der Waals surface area contributed by atoms with Crippen molar-refractivity contribution in [2.24, 2.45) is 11.1 Å². The van der Waals surface area contributed by atoms with Gasteiger partial charge in [0, 0.05) is 16.5 Å². The molecule has 84 valence electrons. The van der Waals surface area contributed by atoms with Crippen molar-refractivity contribution < 1.29 is 4.84 Å². The van der Waals surface area contributed by atoms with Gasteiger partial charge in [-0.2, -0.15) is 0 Å². The lowest BCUT2D eigenvalue weighted by Gasteiger charge is -2.23. The van der Waals surface area contributed by atoms with Gasteiger partial charge in [-0.25, -0.2) is 0 Å². The topological polar surface area (TPSA) is 21.6 Å². The molecule has 2 aliphatic rings. The molecule has 2 nitrogen and oxygen atoms in total. The Morgan fingerprint density at radius 3 is 2.88 bits per heavy atom. The average molecular weight is 236 g/mol. The minimum absolute atomic E-state index is 0.292. The summed E-state index contributed by atoms with van der Waals surface area (Å²) in [6.07, 6.45) is 5.12. The standard InChI is InChI=1S/C13H14ClNO/c14-11-7-3-1-5-9(11)13-10-6-2-4-8-12(10)16-15-13/h1,3,5,7,10,12H,2,4,6,8H2/t10-,12+/m0/s1. The third-order valence-electron chi connectivity index (χ3n) is 3.49. The number of rotatable bonds is 1. The van der Waals surface area contributed by atoms with Gasteiger partial charge in [0.1, 0.15) is 6.10 Å². The molecule has 0 amide bonds. The van der Waals surface area contributed by atoms with E-state index < -0.39 is 0 Å². The second-order valence-electron chi connectivity index (χ2n) is 4.49. The molecule has 0 unspecified atom stereocenters. The van der Waals surface area contributed by atoms with Crippen molar-refractivity contribution >= 4 is 17.3 Å². The maximum Gasteiger partial charge on any atom is 0.136 e. The van der Waals surface area contributed by atoms with Crippen LogP contribution in [0.5, 0.6) is 0 Å². The lowest BCUT2D eigenvalue weighted by Crippen LogP contribution is -2.27. The summed E-state index contributed by atoms with van der Waals surface area (Å²) in [4.78, 5) is 5.51. The summed E-state index contributed by atoms with van der Waals surface area (Å²) in [5.74, 6) is 0.452. The molecule has 1 saturated carbocycles. The molecule has 1 aromatic rings. The van der Waals surface area contributed by atoms with Crippen LogP contribution in [-0.4, -0.2) is 11.8 Å². The first-order valence-corrected chi connectivity index (χ1v) is 6.22. The first-order chi connectivity index (χ1) is 7.86. The van der Waals surface area contributed by atoms with Crippen molar-refractivity contribution in [1.82, 2.24) is 0 Å². The Morgan fingerprint density at radius 1 is 1.19 bits per heavy atom. The second kappa shape index (κ2) is 4.10. The highest BCUT2D eigenvalue weighted by Gasteiger charge is 2.37. The van der Waals surface area contributed by atoms with Gasteiger partial charge in [-0.05, 0) is 25.3 Å². The van der Waals surface area contributed by atoms with Gasteiger partial charge in [0.15, 0.2) is 0 Å². The van der Waals surface area contributed by atoms with E-state index in [4.69, 9.17) is 16.4 Å². The Hall–Kier alpha value is -1.02. The van der Waals surface area contributed by atoms with Crippen molar-refractivity contribution in [2.75, 3.05) is 0 Å². The van der Waals surface area contributed by atoms with Crippen LogP contribution >= 0.6 is 11.6 Å². The Balaban J connectivity index is 1.93. The number of nitrogens with zero attached hydrogens (tertiary/aromatic N) is 1. The van der Waals surface area contributed by atoms with Crippen LogP contribution in [0.1, 0.15) is 31.2 Å². The van der Waals surface area contributed by atoms with Crippen molar-refractivity contribution in [2.45, 2.75) is 31.8 Å². The van der Waals surface area contributed by atoms with Crippen LogP contribution < -0.4 is 0 Å². The van der Waals surface area contributed by atoms with E-state index >= 15 is 0 Å². The van der Waals surface area contributed by atoms with Crippen molar-refractivity contribution in [3.05, 3.63) is 34.9 Å². The molecule has 3 rings (SSSR count). The van der Waals surface area contributed by atoms with E-state index in [0.717, 1.165) is 22.7 Å². The van der Waals surface area contributed by atoms with E-state index in [1.165, 1.54) is 19.3 Å². The fourth-order valence-electron chi connectivity index (χ4n) is 2.65. The first kappa shape index (κ1) is 10.2. The monoisotopic (exact) mass is 235 g/mol. The summed E-state index contributed by atoms with van der Waals surface area (Å²) < 4.78 is 0. The highest BCUT2D eigenvalue weighted by Crippen LogP contribution is 2.36. The number of benzene rings is 1. The summed E-state index contributed by atoms with van der Waals surface area (Å²) in [6, 6.07) is 7.89. The van der Waals surface area contributed by atoms with E-state index in [9.17, 15) is 0 Å². The largest absolute Gasteiger partial charge is 0.392 e. The maximum absolute atomic E-state index is 6.20. The van der Waals surface area contributed by atoms with Gasteiger partial charge in [-0.15, -0.1) is 0 Å². The van der Waals surface area contributed by atoms with Crippen LogP contribution in [0.2, 0.25) is 5.02 Å². The van der Waals surface area contributed by atoms with Gasteiger partial charge in [0.25, 0.3) is 0 Å². The molecule has 1 fully saturated rings. The molecule has 1 heterocycles. The molecule has 0 N–H and O–H groups in total. The van der Waals surface area contributed by atoms with Crippen LogP contribution in [0.4, 0.5) is 0 Å². The molecule has 1 aliphatic heterocycles. The molecule has 16 heavy (non-hydrogen) atoms. The SMILES string of the molecule is Clc1ccccc1C1=NO[C@@H]2CCCC[C@H]12. The molecule has 0 aromatic heterocycles. The number of oxime groups is 1. The summed E-state index contributed by atoms with van der Waals surface area (Å²) in [5, 5.41) is 5.02. The fraction of sp³-hybridized carbons (Fsp3) is 0.462. The molecule has 0 radical (unpaired) electrons. The average Bonchev–Trinajstić information content (AvgIpc) is 2.74. The highest BCUT2D eigenvalue weighted by molar-refractivity contribution is 6.34. The van der Waals surface area contributed by atoms with E-state index in [-0.39, 0.29) is 0 Å². The van der Waals surface area contributed by atoms with E-state index in [1.54, 1.807) is 0 Å². The molecular formula is C13H14ClNO. The Labute approximate surface area is 100 Å². The molecule has 1 aromatic carbocycles. The molecule has 0 bridgehead atoms. The zero-order chi connectivity index (χ0) is 11.0. The van der Waals surface area contributed by atoms with E-state index in [2.05, 4.69) is 5.16 Å². The summed E-state index contributed by atoms with van der Waals surface area (Å²) in [5.41, 5.74) is 2.09. The maximum atomic E-state index is 6.20. The summed E-state index contributed by atoms with van der Waals surface area (Å²) in [6.45, 7) is 0. The molecule has 0 saturated heterocycles. The number of hydrogen-bond acceptors (Lipinski definition) is 2.